The number of hydrogen-bond acceptors (Lipinski definition) is 5. The van der Waals surface area contributed by atoms with Gasteiger partial charge in [0, 0.05) is 25.2 Å². The lowest BCUT2D eigenvalue weighted by atomic mass is 9.96. The Morgan fingerprint density at radius 3 is 2.08 bits per heavy atom. The predicted molar refractivity (Wildman–Crippen MR) is 134 cm³/mol. The van der Waals surface area contributed by atoms with Crippen LogP contribution in [0.25, 0.3) is 22.2 Å². The van der Waals surface area contributed by atoms with Gasteiger partial charge < -0.3 is 5.11 Å². The second kappa shape index (κ2) is 10.0. The summed E-state index contributed by atoms with van der Waals surface area (Å²) in [5, 5.41) is 14.9. The van der Waals surface area contributed by atoms with Gasteiger partial charge in [0.05, 0.1) is 34.8 Å². The number of fused-ring (bicyclic) bond motifs is 1. The van der Waals surface area contributed by atoms with Crippen molar-refractivity contribution in [3.05, 3.63) is 95.8 Å². The minimum absolute atomic E-state index is 0.192. The predicted octanol–water partition coefficient (Wildman–Crippen LogP) is 5.86. The summed E-state index contributed by atoms with van der Waals surface area (Å²) in [6.45, 7) is 0. The lowest BCUT2D eigenvalue weighted by Crippen LogP contribution is -2.27. The highest BCUT2D eigenvalue weighted by molar-refractivity contribution is 6.03. The Hall–Kier alpha value is -4.60. The number of halogens is 3. The van der Waals surface area contributed by atoms with E-state index in [1.165, 1.54) is 17.1 Å². The molecule has 3 aromatic carbocycles. The standard InChI is InChI=1S/C28H21F3N4O3/c29-28(30,31)21-8-5-18(6-9-21)17-1-3-19(4-2-17)23-16-25(35(34-23)26(36)11-12-27(37)38)20-7-10-22-24(15-20)33-14-13-32-22/h1-10,13-15,25H,11-12,16H2,(H,37,38). The zero-order valence-corrected chi connectivity index (χ0v) is 19.9. The van der Waals surface area contributed by atoms with Crippen molar-refractivity contribution in [2.24, 2.45) is 5.10 Å². The lowest BCUT2D eigenvalue weighted by Gasteiger charge is -2.22. The molecular weight excluding hydrogens is 497 g/mol. The summed E-state index contributed by atoms with van der Waals surface area (Å²) in [4.78, 5) is 32.6. The smallest absolute Gasteiger partial charge is 0.416 e. The summed E-state index contributed by atoms with van der Waals surface area (Å²) in [6.07, 6.45) is -1.33. The van der Waals surface area contributed by atoms with Crippen LogP contribution in [0.4, 0.5) is 13.2 Å². The third-order valence-electron chi connectivity index (χ3n) is 6.36. The monoisotopic (exact) mass is 518 g/mol. The Bertz CT molecular complexity index is 1530. The molecule has 0 aliphatic carbocycles. The average molecular weight is 518 g/mol. The van der Waals surface area contributed by atoms with Crippen LogP contribution in [0.5, 0.6) is 0 Å². The SMILES string of the molecule is O=C(O)CCC(=O)N1N=C(c2ccc(-c3ccc(C(F)(F)F)cc3)cc2)CC1c1ccc2nccnc2c1. The Balaban J connectivity index is 1.42. The van der Waals surface area contributed by atoms with Crippen molar-refractivity contribution < 1.29 is 27.9 Å². The van der Waals surface area contributed by atoms with Gasteiger partial charge in [0.2, 0.25) is 5.91 Å². The molecule has 5 rings (SSSR count). The van der Waals surface area contributed by atoms with Crippen molar-refractivity contribution in [1.82, 2.24) is 15.0 Å². The number of carboxylic acid groups (broad SMARTS) is 1. The van der Waals surface area contributed by atoms with Crippen LogP contribution in [0.3, 0.4) is 0 Å². The highest BCUT2D eigenvalue weighted by atomic mass is 19.4. The van der Waals surface area contributed by atoms with Crippen molar-refractivity contribution in [2.45, 2.75) is 31.5 Å². The molecule has 0 spiro atoms. The summed E-state index contributed by atoms with van der Waals surface area (Å²) >= 11 is 0. The summed E-state index contributed by atoms with van der Waals surface area (Å²) < 4.78 is 38.6. The third kappa shape index (κ3) is 5.24. The van der Waals surface area contributed by atoms with Gasteiger partial charge in [0.1, 0.15) is 0 Å². The highest BCUT2D eigenvalue weighted by Gasteiger charge is 2.33. The lowest BCUT2D eigenvalue weighted by molar-refractivity contribution is -0.141. The van der Waals surface area contributed by atoms with Gasteiger partial charge in [-0.05, 0) is 46.5 Å². The van der Waals surface area contributed by atoms with Crippen molar-refractivity contribution in [1.29, 1.82) is 0 Å². The van der Waals surface area contributed by atoms with Crippen molar-refractivity contribution >= 4 is 28.6 Å². The first kappa shape index (κ1) is 25.1. The van der Waals surface area contributed by atoms with Crippen LogP contribution in [-0.2, 0) is 15.8 Å². The molecule has 1 atom stereocenters. The number of aliphatic carboxylic acids is 1. The van der Waals surface area contributed by atoms with Gasteiger partial charge in [0.25, 0.3) is 0 Å². The molecule has 0 bridgehead atoms. The van der Waals surface area contributed by atoms with Gasteiger partial charge in [-0.3, -0.25) is 19.6 Å². The van der Waals surface area contributed by atoms with Gasteiger partial charge in [-0.25, -0.2) is 5.01 Å². The molecule has 38 heavy (non-hydrogen) atoms. The molecule has 2 heterocycles. The minimum Gasteiger partial charge on any atom is -0.481 e. The Labute approximate surface area is 215 Å². The Morgan fingerprint density at radius 2 is 1.45 bits per heavy atom. The summed E-state index contributed by atoms with van der Waals surface area (Å²) in [7, 11) is 0. The minimum atomic E-state index is -4.40. The van der Waals surface area contributed by atoms with Crippen molar-refractivity contribution in [3.63, 3.8) is 0 Å². The zero-order valence-electron chi connectivity index (χ0n) is 19.9. The quantitative estimate of drug-likeness (QED) is 0.345. The number of benzene rings is 3. The molecule has 0 saturated carbocycles. The molecule has 0 radical (unpaired) electrons. The van der Waals surface area contributed by atoms with Crippen LogP contribution in [0, 0.1) is 0 Å². The fraction of sp³-hybridized carbons (Fsp3) is 0.179. The van der Waals surface area contributed by atoms with Crippen LogP contribution in [-0.4, -0.2) is 37.7 Å². The fourth-order valence-corrected chi connectivity index (χ4v) is 4.40. The second-order valence-corrected chi connectivity index (χ2v) is 8.86. The normalized spacial score (nSPS) is 15.5. The molecule has 1 aliphatic heterocycles. The van der Waals surface area contributed by atoms with Gasteiger partial charge in [0.15, 0.2) is 0 Å². The topological polar surface area (TPSA) is 95.8 Å². The largest absolute Gasteiger partial charge is 0.481 e. The number of carbonyl (C=O) groups is 2. The number of carbonyl (C=O) groups excluding carboxylic acids is 1. The molecular formula is C28H21F3N4O3. The van der Waals surface area contributed by atoms with Crippen molar-refractivity contribution in [3.8, 4) is 11.1 Å². The van der Waals surface area contributed by atoms with Crippen LogP contribution in [0.15, 0.2) is 84.2 Å². The van der Waals surface area contributed by atoms with Crippen LogP contribution >= 0.6 is 0 Å². The Kier molecular flexibility index (Phi) is 6.62. The summed E-state index contributed by atoms with van der Waals surface area (Å²) in [6, 6.07) is 17.2. The molecule has 1 N–H and O–H groups in total. The van der Waals surface area contributed by atoms with Crippen LogP contribution in [0.1, 0.15) is 42.0 Å². The maximum atomic E-state index is 13.0. The first-order valence-corrected chi connectivity index (χ1v) is 11.8. The van der Waals surface area contributed by atoms with E-state index in [1.807, 2.05) is 18.2 Å². The van der Waals surface area contributed by atoms with Crippen molar-refractivity contribution in [2.75, 3.05) is 0 Å². The maximum Gasteiger partial charge on any atom is 0.416 e. The molecule has 0 fully saturated rings. The van der Waals surface area contributed by atoms with E-state index in [9.17, 15) is 22.8 Å². The fourth-order valence-electron chi connectivity index (χ4n) is 4.40. The van der Waals surface area contributed by atoms with Crippen LogP contribution < -0.4 is 0 Å². The Morgan fingerprint density at radius 1 is 0.842 bits per heavy atom. The number of hydrazone groups is 1. The first-order valence-electron chi connectivity index (χ1n) is 11.8. The second-order valence-electron chi connectivity index (χ2n) is 8.86. The number of rotatable bonds is 6. The van der Waals surface area contributed by atoms with E-state index in [4.69, 9.17) is 5.11 Å². The number of hydrogen-bond donors (Lipinski definition) is 1. The molecule has 1 unspecified atom stereocenters. The molecule has 1 amide bonds. The number of carboxylic acids is 1. The zero-order chi connectivity index (χ0) is 26.9. The average Bonchev–Trinajstić information content (AvgIpc) is 3.37. The summed E-state index contributed by atoms with van der Waals surface area (Å²) in [5.74, 6) is -1.48. The first-order chi connectivity index (χ1) is 18.2. The molecule has 0 saturated heterocycles. The van der Waals surface area contributed by atoms with E-state index < -0.39 is 29.7 Å². The van der Waals surface area contributed by atoms with Gasteiger partial charge in [-0.15, -0.1) is 0 Å². The third-order valence-corrected chi connectivity index (χ3v) is 6.36. The summed E-state index contributed by atoms with van der Waals surface area (Å²) in [5.41, 5.74) is 4.21. The van der Waals surface area contributed by atoms with E-state index >= 15 is 0 Å². The maximum absolute atomic E-state index is 13.0. The molecule has 192 valence electrons. The number of nitrogens with zero attached hydrogens (tertiary/aromatic N) is 4. The van der Waals surface area contributed by atoms with Gasteiger partial charge >= 0.3 is 12.1 Å². The molecule has 7 nitrogen and oxygen atoms in total. The highest BCUT2D eigenvalue weighted by Crippen LogP contribution is 2.35. The van der Waals surface area contributed by atoms with Crippen LogP contribution in [0.2, 0.25) is 0 Å². The van der Waals surface area contributed by atoms with E-state index in [0.29, 0.717) is 28.7 Å². The molecule has 1 aliphatic rings. The number of amides is 1. The molecule has 4 aromatic rings. The van der Waals surface area contributed by atoms with Gasteiger partial charge in [-0.1, -0.05) is 42.5 Å². The van der Waals surface area contributed by atoms with E-state index in [1.54, 1.807) is 36.7 Å². The molecule has 10 heteroatoms. The number of alkyl halides is 3. The van der Waals surface area contributed by atoms with E-state index in [-0.39, 0.29) is 12.8 Å². The van der Waals surface area contributed by atoms with Gasteiger partial charge in [-0.2, -0.15) is 18.3 Å². The number of aromatic nitrogens is 2. The van der Waals surface area contributed by atoms with E-state index in [0.717, 1.165) is 28.8 Å². The van der Waals surface area contributed by atoms with E-state index in [2.05, 4.69) is 15.1 Å². The molecule has 1 aromatic heterocycles.